The highest BCUT2D eigenvalue weighted by Crippen LogP contribution is 2.24. The smallest absolute Gasteiger partial charge is 0.243 e. The summed E-state index contributed by atoms with van der Waals surface area (Å²) >= 11 is 0. The molecule has 18 heavy (non-hydrogen) atoms. The molecule has 0 spiro atoms. The van der Waals surface area contributed by atoms with Gasteiger partial charge in [0.15, 0.2) is 0 Å². The fourth-order valence-corrected chi connectivity index (χ4v) is 4.37. The Morgan fingerprint density at radius 3 is 2.56 bits per heavy atom. The molecule has 0 amide bonds. The fraction of sp³-hybridized carbons (Fsp3) is 0.538. The lowest BCUT2D eigenvalue weighted by Gasteiger charge is -2.34. The highest BCUT2D eigenvalue weighted by Gasteiger charge is 2.32. The minimum Gasteiger partial charge on any atom is -0.326 e. The third-order valence-electron chi connectivity index (χ3n) is 3.37. The molecule has 100 valence electrons. The van der Waals surface area contributed by atoms with Gasteiger partial charge in [-0.25, -0.2) is 8.42 Å². The topological polar surface area (TPSA) is 63.4 Å². The van der Waals surface area contributed by atoms with Gasteiger partial charge < -0.3 is 5.73 Å². The van der Waals surface area contributed by atoms with Gasteiger partial charge in [0.1, 0.15) is 0 Å². The van der Waals surface area contributed by atoms with Crippen LogP contribution < -0.4 is 5.73 Å². The van der Waals surface area contributed by atoms with Crippen LogP contribution in [-0.4, -0.2) is 31.9 Å². The molecule has 1 aromatic carbocycles. The number of aryl methyl sites for hydroxylation is 1. The Morgan fingerprint density at radius 1 is 1.28 bits per heavy atom. The molecule has 1 aliphatic rings. The van der Waals surface area contributed by atoms with Gasteiger partial charge >= 0.3 is 0 Å². The van der Waals surface area contributed by atoms with E-state index in [1.54, 1.807) is 12.1 Å². The van der Waals surface area contributed by atoms with Gasteiger partial charge in [-0.2, -0.15) is 4.31 Å². The number of hydrogen-bond acceptors (Lipinski definition) is 3. The first kappa shape index (κ1) is 13.5. The maximum absolute atomic E-state index is 12.6. The zero-order valence-electron chi connectivity index (χ0n) is 10.8. The molecule has 5 heteroatoms. The largest absolute Gasteiger partial charge is 0.326 e. The summed E-state index contributed by atoms with van der Waals surface area (Å²) in [5, 5.41) is 0. The molecule has 0 saturated carbocycles. The van der Waals surface area contributed by atoms with Crippen LogP contribution in [0.15, 0.2) is 29.2 Å². The summed E-state index contributed by atoms with van der Waals surface area (Å²) in [7, 11) is -3.41. The van der Waals surface area contributed by atoms with Gasteiger partial charge in [-0.1, -0.05) is 25.1 Å². The monoisotopic (exact) mass is 268 g/mol. The Morgan fingerprint density at radius 2 is 1.94 bits per heavy atom. The molecule has 1 fully saturated rings. The molecular weight excluding hydrogens is 248 g/mol. The number of benzene rings is 1. The summed E-state index contributed by atoms with van der Waals surface area (Å²) in [4.78, 5) is 0.395. The van der Waals surface area contributed by atoms with E-state index in [4.69, 9.17) is 5.73 Å². The van der Waals surface area contributed by atoms with Crippen LogP contribution in [0.25, 0.3) is 0 Å². The lowest BCUT2D eigenvalue weighted by Crippen LogP contribution is -2.48. The molecule has 2 atom stereocenters. The lowest BCUT2D eigenvalue weighted by atomic mass is 9.99. The van der Waals surface area contributed by atoms with E-state index in [0.29, 0.717) is 23.9 Å². The number of rotatable bonds is 2. The third-order valence-corrected chi connectivity index (χ3v) is 5.36. The molecule has 0 aliphatic carbocycles. The first-order valence-corrected chi connectivity index (χ1v) is 7.66. The van der Waals surface area contributed by atoms with E-state index < -0.39 is 10.0 Å². The van der Waals surface area contributed by atoms with Crippen molar-refractivity contribution in [1.29, 1.82) is 0 Å². The minimum atomic E-state index is -3.41. The van der Waals surface area contributed by atoms with Crippen molar-refractivity contribution < 1.29 is 8.42 Å². The lowest BCUT2D eigenvalue weighted by molar-refractivity contribution is 0.254. The van der Waals surface area contributed by atoms with Gasteiger partial charge in [-0.05, 0) is 30.9 Å². The van der Waals surface area contributed by atoms with Crippen molar-refractivity contribution in [3.05, 3.63) is 29.8 Å². The van der Waals surface area contributed by atoms with Crippen LogP contribution in [0.5, 0.6) is 0 Å². The van der Waals surface area contributed by atoms with E-state index in [9.17, 15) is 8.42 Å². The SMILES string of the molecule is Cc1ccccc1S(=O)(=O)N1CC(C)CC(N)C1. The molecule has 1 aromatic rings. The molecule has 4 nitrogen and oxygen atoms in total. The standard InChI is InChI=1S/C13H20N2O2S/c1-10-7-12(14)9-15(8-10)18(16,17)13-6-4-3-5-11(13)2/h3-6,10,12H,7-9,14H2,1-2H3. The second-order valence-electron chi connectivity index (χ2n) is 5.19. The van der Waals surface area contributed by atoms with Gasteiger partial charge in [0.25, 0.3) is 0 Å². The highest BCUT2D eigenvalue weighted by molar-refractivity contribution is 7.89. The van der Waals surface area contributed by atoms with Crippen molar-refractivity contribution >= 4 is 10.0 Å². The summed E-state index contributed by atoms with van der Waals surface area (Å²) in [5.41, 5.74) is 6.70. The quantitative estimate of drug-likeness (QED) is 0.880. The zero-order chi connectivity index (χ0) is 13.3. The molecule has 0 bridgehead atoms. The third kappa shape index (κ3) is 2.58. The summed E-state index contributed by atoms with van der Waals surface area (Å²) in [6.07, 6.45) is 0.889. The van der Waals surface area contributed by atoms with E-state index in [1.165, 1.54) is 4.31 Å². The van der Waals surface area contributed by atoms with Crippen LogP contribution in [0.2, 0.25) is 0 Å². The van der Waals surface area contributed by atoms with Crippen LogP contribution in [0.1, 0.15) is 18.9 Å². The van der Waals surface area contributed by atoms with Gasteiger partial charge in [0, 0.05) is 19.1 Å². The van der Waals surface area contributed by atoms with E-state index in [1.807, 2.05) is 26.0 Å². The maximum Gasteiger partial charge on any atom is 0.243 e. The maximum atomic E-state index is 12.6. The average molecular weight is 268 g/mol. The first-order chi connectivity index (χ1) is 8.41. The second-order valence-corrected chi connectivity index (χ2v) is 7.09. The molecule has 2 rings (SSSR count). The van der Waals surface area contributed by atoms with Gasteiger partial charge in [-0.3, -0.25) is 0 Å². The van der Waals surface area contributed by atoms with Crippen molar-refractivity contribution in [2.24, 2.45) is 11.7 Å². The fourth-order valence-electron chi connectivity index (χ4n) is 2.53. The Hall–Kier alpha value is -0.910. The van der Waals surface area contributed by atoms with Crippen LogP contribution >= 0.6 is 0 Å². The molecule has 0 aromatic heterocycles. The predicted octanol–water partition coefficient (Wildman–Crippen LogP) is 1.35. The molecule has 0 radical (unpaired) electrons. The Labute approximate surface area is 109 Å². The van der Waals surface area contributed by atoms with E-state index >= 15 is 0 Å². The van der Waals surface area contributed by atoms with E-state index in [0.717, 1.165) is 12.0 Å². The molecule has 1 saturated heterocycles. The number of piperidine rings is 1. The number of nitrogens with zero attached hydrogens (tertiary/aromatic N) is 1. The summed E-state index contributed by atoms with van der Waals surface area (Å²) in [6.45, 7) is 4.84. The predicted molar refractivity (Wildman–Crippen MR) is 71.7 cm³/mol. The van der Waals surface area contributed by atoms with E-state index in [-0.39, 0.29) is 6.04 Å². The van der Waals surface area contributed by atoms with E-state index in [2.05, 4.69) is 0 Å². The van der Waals surface area contributed by atoms with Crippen LogP contribution in [-0.2, 0) is 10.0 Å². The van der Waals surface area contributed by atoms with Gasteiger partial charge in [0.05, 0.1) is 4.90 Å². The Bertz CT molecular complexity index is 518. The molecule has 1 heterocycles. The average Bonchev–Trinajstić information content (AvgIpc) is 2.28. The van der Waals surface area contributed by atoms with Gasteiger partial charge in [0.2, 0.25) is 10.0 Å². The Kier molecular flexibility index (Phi) is 3.75. The summed E-state index contributed by atoms with van der Waals surface area (Å²) in [5.74, 6) is 0.313. The Balaban J connectivity index is 2.34. The van der Waals surface area contributed by atoms with Crippen LogP contribution in [0, 0.1) is 12.8 Å². The summed E-state index contributed by atoms with van der Waals surface area (Å²) < 4.78 is 26.7. The van der Waals surface area contributed by atoms with Gasteiger partial charge in [-0.15, -0.1) is 0 Å². The van der Waals surface area contributed by atoms with Crippen molar-refractivity contribution in [3.8, 4) is 0 Å². The first-order valence-electron chi connectivity index (χ1n) is 6.22. The summed E-state index contributed by atoms with van der Waals surface area (Å²) in [6, 6.07) is 7.02. The van der Waals surface area contributed by atoms with Crippen molar-refractivity contribution in [3.63, 3.8) is 0 Å². The van der Waals surface area contributed by atoms with Crippen molar-refractivity contribution in [2.45, 2.75) is 31.2 Å². The van der Waals surface area contributed by atoms with Crippen molar-refractivity contribution in [2.75, 3.05) is 13.1 Å². The number of sulfonamides is 1. The number of hydrogen-bond donors (Lipinski definition) is 1. The van der Waals surface area contributed by atoms with Crippen molar-refractivity contribution in [1.82, 2.24) is 4.31 Å². The van der Waals surface area contributed by atoms with Crippen LogP contribution in [0.3, 0.4) is 0 Å². The molecule has 1 aliphatic heterocycles. The van der Waals surface area contributed by atoms with Crippen LogP contribution in [0.4, 0.5) is 0 Å². The molecular formula is C13H20N2O2S. The molecule has 2 unspecified atom stereocenters. The minimum absolute atomic E-state index is 0.0625. The highest BCUT2D eigenvalue weighted by atomic mass is 32.2. The normalized spacial score (nSPS) is 26.2. The second kappa shape index (κ2) is 4.99. The molecule has 2 N–H and O–H groups in total. The number of nitrogens with two attached hydrogens (primary N) is 1. The zero-order valence-corrected chi connectivity index (χ0v) is 11.7.